The Balaban J connectivity index is 1.85. The minimum atomic E-state index is 0.408. The normalized spacial score (nSPS) is 19.5. The zero-order valence-electron chi connectivity index (χ0n) is 9.71. The van der Waals surface area contributed by atoms with Crippen LogP contribution in [0.4, 0.5) is 0 Å². The minimum Gasteiger partial charge on any atom is -0.291 e. The predicted molar refractivity (Wildman–Crippen MR) is 72.4 cm³/mol. The fourth-order valence-corrected chi connectivity index (χ4v) is 3.05. The van der Waals surface area contributed by atoms with Gasteiger partial charge in [-0.25, -0.2) is 0 Å². The van der Waals surface area contributed by atoms with Crippen LogP contribution in [-0.2, 0) is 0 Å². The molecule has 3 rings (SSSR count). The van der Waals surface area contributed by atoms with Gasteiger partial charge in [-0.05, 0) is 17.0 Å². The Morgan fingerprint density at radius 1 is 1.18 bits per heavy atom. The average molecular weight is 242 g/mol. The molecule has 0 saturated heterocycles. The molecule has 0 N–H and O–H groups in total. The summed E-state index contributed by atoms with van der Waals surface area (Å²) in [5.41, 5.74) is 2.42. The van der Waals surface area contributed by atoms with E-state index in [0.717, 1.165) is 6.42 Å². The summed E-state index contributed by atoms with van der Waals surface area (Å²) in [4.78, 5) is 1.39. The first-order chi connectivity index (χ1) is 8.34. The van der Waals surface area contributed by atoms with Gasteiger partial charge in [0.15, 0.2) is 0 Å². The Morgan fingerprint density at radius 2 is 2.00 bits per heavy atom. The summed E-state index contributed by atoms with van der Waals surface area (Å²) in [5, 5.41) is 8.86. The SMILES string of the molecule is CN1N=C(c2ccccc2)CC1c1cccs1. The van der Waals surface area contributed by atoms with Crippen LogP contribution in [0.15, 0.2) is 52.9 Å². The summed E-state index contributed by atoms with van der Waals surface area (Å²) in [6.45, 7) is 0. The molecule has 3 heteroatoms. The van der Waals surface area contributed by atoms with Gasteiger partial charge in [-0.15, -0.1) is 11.3 Å². The van der Waals surface area contributed by atoms with E-state index in [1.54, 1.807) is 11.3 Å². The number of nitrogens with zero attached hydrogens (tertiary/aromatic N) is 2. The van der Waals surface area contributed by atoms with Gasteiger partial charge >= 0.3 is 0 Å². The summed E-state index contributed by atoms with van der Waals surface area (Å²) in [7, 11) is 2.06. The van der Waals surface area contributed by atoms with Crippen LogP contribution in [-0.4, -0.2) is 17.8 Å². The second-order valence-corrected chi connectivity index (χ2v) is 5.20. The third-order valence-corrected chi connectivity index (χ3v) is 4.07. The molecule has 0 radical (unpaired) electrons. The van der Waals surface area contributed by atoms with Gasteiger partial charge in [-0.2, -0.15) is 5.10 Å². The maximum absolute atomic E-state index is 4.65. The highest BCUT2D eigenvalue weighted by Crippen LogP contribution is 2.33. The van der Waals surface area contributed by atoms with E-state index in [4.69, 9.17) is 0 Å². The molecule has 0 aliphatic carbocycles. The number of hydrazone groups is 1. The molecule has 17 heavy (non-hydrogen) atoms. The monoisotopic (exact) mass is 242 g/mol. The molecule has 1 unspecified atom stereocenters. The minimum absolute atomic E-state index is 0.408. The second-order valence-electron chi connectivity index (χ2n) is 4.22. The van der Waals surface area contributed by atoms with Gasteiger partial charge in [-0.1, -0.05) is 36.4 Å². The summed E-state index contributed by atoms with van der Waals surface area (Å²) < 4.78 is 0. The number of thiophene rings is 1. The van der Waals surface area contributed by atoms with Gasteiger partial charge in [0.25, 0.3) is 0 Å². The largest absolute Gasteiger partial charge is 0.291 e. The molecule has 1 atom stereocenters. The molecule has 1 aromatic heterocycles. The number of benzene rings is 1. The van der Waals surface area contributed by atoms with E-state index >= 15 is 0 Å². The van der Waals surface area contributed by atoms with Gasteiger partial charge < -0.3 is 0 Å². The van der Waals surface area contributed by atoms with Crippen molar-refractivity contribution in [2.75, 3.05) is 7.05 Å². The van der Waals surface area contributed by atoms with Crippen LogP contribution in [0.25, 0.3) is 0 Å². The van der Waals surface area contributed by atoms with Crippen molar-refractivity contribution in [2.24, 2.45) is 5.10 Å². The van der Waals surface area contributed by atoms with E-state index in [2.05, 4.69) is 58.9 Å². The third-order valence-electron chi connectivity index (χ3n) is 3.09. The van der Waals surface area contributed by atoms with Crippen LogP contribution in [0, 0.1) is 0 Å². The molecule has 86 valence electrons. The van der Waals surface area contributed by atoms with Crippen molar-refractivity contribution >= 4 is 17.0 Å². The number of hydrogen-bond acceptors (Lipinski definition) is 3. The quantitative estimate of drug-likeness (QED) is 0.786. The van der Waals surface area contributed by atoms with Crippen LogP contribution in [0.2, 0.25) is 0 Å². The van der Waals surface area contributed by atoms with Crippen LogP contribution >= 0.6 is 11.3 Å². The van der Waals surface area contributed by atoms with E-state index in [1.807, 2.05) is 6.07 Å². The molecule has 1 aliphatic heterocycles. The van der Waals surface area contributed by atoms with Crippen LogP contribution < -0.4 is 0 Å². The molecule has 1 aliphatic rings. The Labute approximate surface area is 105 Å². The number of rotatable bonds is 2. The van der Waals surface area contributed by atoms with Crippen LogP contribution in [0.3, 0.4) is 0 Å². The van der Waals surface area contributed by atoms with Crippen LogP contribution in [0.1, 0.15) is 22.9 Å². The first-order valence-corrected chi connectivity index (χ1v) is 6.62. The molecule has 1 aromatic carbocycles. The van der Waals surface area contributed by atoms with Gasteiger partial charge in [0.05, 0.1) is 11.8 Å². The highest BCUT2D eigenvalue weighted by atomic mass is 32.1. The summed E-state index contributed by atoms with van der Waals surface area (Å²) in [5.74, 6) is 0. The molecule has 0 saturated carbocycles. The maximum atomic E-state index is 4.65. The molecular weight excluding hydrogens is 228 g/mol. The van der Waals surface area contributed by atoms with Crippen molar-refractivity contribution in [3.8, 4) is 0 Å². The molecule has 0 bridgehead atoms. The van der Waals surface area contributed by atoms with E-state index in [-0.39, 0.29) is 0 Å². The summed E-state index contributed by atoms with van der Waals surface area (Å²) in [6, 6.07) is 15.1. The molecular formula is C14H14N2S. The molecule has 0 fully saturated rings. The van der Waals surface area contributed by atoms with Crippen molar-refractivity contribution in [2.45, 2.75) is 12.5 Å². The molecule has 2 aromatic rings. The van der Waals surface area contributed by atoms with Crippen LogP contribution in [0.5, 0.6) is 0 Å². The van der Waals surface area contributed by atoms with E-state index in [0.29, 0.717) is 6.04 Å². The lowest BCUT2D eigenvalue weighted by atomic mass is 10.0. The Hall–Kier alpha value is -1.61. The molecule has 0 amide bonds. The Bertz CT molecular complexity index is 516. The second kappa shape index (κ2) is 4.34. The lowest BCUT2D eigenvalue weighted by Gasteiger charge is -2.16. The predicted octanol–water partition coefficient (Wildman–Crippen LogP) is 3.53. The smallest absolute Gasteiger partial charge is 0.0865 e. The zero-order valence-corrected chi connectivity index (χ0v) is 10.5. The first kappa shape index (κ1) is 10.5. The lowest BCUT2D eigenvalue weighted by molar-refractivity contribution is 0.294. The standard InChI is InChI=1S/C14H14N2S/c1-16-13(14-8-5-9-17-14)10-12(15-16)11-6-3-2-4-7-11/h2-9,13H,10H2,1H3. The highest BCUT2D eigenvalue weighted by molar-refractivity contribution is 7.10. The molecule has 2 heterocycles. The third kappa shape index (κ3) is 1.98. The van der Waals surface area contributed by atoms with Gasteiger partial charge in [0.2, 0.25) is 0 Å². The number of hydrogen-bond donors (Lipinski definition) is 0. The maximum Gasteiger partial charge on any atom is 0.0865 e. The Morgan fingerprint density at radius 3 is 2.71 bits per heavy atom. The summed E-state index contributed by atoms with van der Waals surface area (Å²) in [6.07, 6.45) is 1.00. The Kier molecular flexibility index (Phi) is 2.69. The van der Waals surface area contributed by atoms with Crippen molar-refractivity contribution in [3.05, 3.63) is 58.3 Å². The van der Waals surface area contributed by atoms with Crippen molar-refractivity contribution in [3.63, 3.8) is 0 Å². The molecule has 0 spiro atoms. The molecule has 2 nitrogen and oxygen atoms in total. The van der Waals surface area contributed by atoms with Crippen molar-refractivity contribution in [1.29, 1.82) is 0 Å². The fraction of sp³-hybridized carbons (Fsp3) is 0.214. The van der Waals surface area contributed by atoms with Crippen molar-refractivity contribution < 1.29 is 0 Å². The van der Waals surface area contributed by atoms with E-state index in [1.165, 1.54) is 16.2 Å². The zero-order chi connectivity index (χ0) is 11.7. The fourth-order valence-electron chi connectivity index (χ4n) is 2.19. The first-order valence-electron chi connectivity index (χ1n) is 5.74. The lowest BCUT2D eigenvalue weighted by Crippen LogP contribution is -2.12. The highest BCUT2D eigenvalue weighted by Gasteiger charge is 2.26. The van der Waals surface area contributed by atoms with Gasteiger partial charge in [-0.3, -0.25) is 5.01 Å². The van der Waals surface area contributed by atoms with E-state index in [9.17, 15) is 0 Å². The topological polar surface area (TPSA) is 15.6 Å². The summed E-state index contributed by atoms with van der Waals surface area (Å²) >= 11 is 1.81. The van der Waals surface area contributed by atoms with Gasteiger partial charge in [0.1, 0.15) is 0 Å². The van der Waals surface area contributed by atoms with Crippen molar-refractivity contribution in [1.82, 2.24) is 5.01 Å². The van der Waals surface area contributed by atoms with Gasteiger partial charge in [0, 0.05) is 18.3 Å². The average Bonchev–Trinajstić information content (AvgIpc) is 2.99. The van der Waals surface area contributed by atoms with E-state index < -0.39 is 0 Å².